The smallest absolute Gasteiger partial charge is 0.313 e. The molecule has 0 atom stereocenters. The molecule has 0 aliphatic heterocycles. The first kappa shape index (κ1) is 15.7. The van der Waals surface area contributed by atoms with Gasteiger partial charge < -0.3 is 5.32 Å². The van der Waals surface area contributed by atoms with Gasteiger partial charge in [0.2, 0.25) is 10.0 Å². The van der Waals surface area contributed by atoms with Crippen LogP contribution in [-0.2, 0) is 10.0 Å². The molecule has 0 radical (unpaired) electrons. The van der Waals surface area contributed by atoms with Gasteiger partial charge >= 0.3 is 6.18 Å². The Morgan fingerprint density at radius 3 is 2.11 bits per heavy atom. The summed E-state index contributed by atoms with van der Waals surface area (Å²) in [7, 11) is -3.19. The van der Waals surface area contributed by atoms with Crippen LogP contribution in [0.25, 0.3) is 0 Å². The van der Waals surface area contributed by atoms with Gasteiger partial charge in [-0.3, -0.25) is 0 Å². The fraction of sp³-hybridized carbons (Fsp3) is 1.00. The molecule has 108 valence electrons. The van der Waals surface area contributed by atoms with Crippen molar-refractivity contribution >= 4 is 10.0 Å². The summed E-state index contributed by atoms with van der Waals surface area (Å²) in [5.41, 5.74) is 0. The molecule has 1 aliphatic carbocycles. The number of nitrogens with one attached hydrogen (secondary N) is 2. The minimum Gasteiger partial charge on any atom is -0.313 e. The summed E-state index contributed by atoms with van der Waals surface area (Å²) >= 11 is 0. The van der Waals surface area contributed by atoms with Crippen molar-refractivity contribution in [3.8, 4) is 0 Å². The summed E-state index contributed by atoms with van der Waals surface area (Å²) in [5, 5.41) is 3.07. The van der Waals surface area contributed by atoms with E-state index in [0.29, 0.717) is 19.4 Å². The van der Waals surface area contributed by atoms with Crippen LogP contribution < -0.4 is 10.0 Å². The molecular formula is C10H19F3N2O2S. The molecule has 0 spiro atoms. The predicted octanol–water partition coefficient (Wildman–Crippen LogP) is 1.25. The number of halogens is 3. The van der Waals surface area contributed by atoms with Gasteiger partial charge in [0.25, 0.3) is 0 Å². The fourth-order valence-corrected chi connectivity index (χ4v) is 2.61. The molecule has 1 rings (SSSR count). The number of rotatable bonds is 5. The second-order valence-electron chi connectivity index (χ2n) is 4.71. The van der Waals surface area contributed by atoms with Crippen molar-refractivity contribution in [3.63, 3.8) is 0 Å². The third kappa shape index (κ3) is 6.01. The number of hydrogen-bond acceptors (Lipinski definition) is 3. The second-order valence-corrected chi connectivity index (χ2v) is 6.54. The molecule has 0 bridgehead atoms. The van der Waals surface area contributed by atoms with Gasteiger partial charge in [-0.1, -0.05) is 0 Å². The summed E-state index contributed by atoms with van der Waals surface area (Å²) in [6.45, 7) is 0.701. The van der Waals surface area contributed by atoms with Crippen LogP contribution in [0.4, 0.5) is 13.2 Å². The van der Waals surface area contributed by atoms with Crippen molar-refractivity contribution in [1.82, 2.24) is 10.0 Å². The maximum Gasteiger partial charge on any atom is 0.391 e. The van der Waals surface area contributed by atoms with E-state index < -0.39 is 22.1 Å². The van der Waals surface area contributed by atoms with E-state index in [2.05, 4.69) is 10.0 Å². The molecule has 0 aromatic carbocycles. The van der Waals surface area contributed by atoms with Gasteiger partial charge in [0.15, 0.2) is 0 Å². The number of hydrogen-bond donors (Lipinski definition) is 2. The monoisotopic (exact) mass is 288 g/mol. The largest absolute Gasteiger partial charge is 0.391 e. The van der Waals surface area contributed by atoms with Gasteiger partial charge in [0.05, 0.1) is 12.2 Å². The SMILES string of the molecule is CS(=O)(=O)NCCNC1CCC(C(F)(F)F)CC1. The Morgan fingerprint density at radius 1 is 1.11 bits per heavy atom. The van der Waals surface area contributed by atoms with E-state index in [-0.39, 0.29) is 25.4 Å². The lowest BCUT2D eigenvalue weighted by molar-refractivity contribution is -0.182. The molecule has 0 unspecified atom stereocenters. The summed E-state index contributed by atoms with van der Waals surface area (Å²) in [6, 6.07) is 0.0601. The van der Waals surface area contributed by atoms with Crippen LogP contribution in [0.5, 0.6) is 0 Å². The minimum absolute atomic E-state index is 0.0601. The maximum absolute atomic E-state index is 12.4. The molecule has 1 fully saturated rings. The zero-order valence-electron chi connectivity index (χ0n) is 10.3. The standard InChI is InChI=1S/C10H19F3N2O2S/c1-18(16,17)15-7-6-14-9-4-2-8(3-5-9)10(11,12)13/h8-9,14-15H,2-7H2,1H3. The summed E-state index contributed by atoms with van der Waals surface area (Å²) in [6.07, 6.45) is -1.72. The molecule has 18 heavy (non-hydrogen) atoms. The fourth-order valence-electron chi connectivity index (χ4n) is 2.14. The zero-order chi connectivity index (χ0) is 13.8. The van der Waals surface area contributed by atoms with Crippen LogP contribution in [0.3, 0.4) is 0 Å². The predicted molar refractivity (Wildman–Crippen MR) is 62.7 cm³/mol. The third-order valence-corrected chi connectivity index (χ3v) is 3.84. The van der Waals surface area contributed by atoms with E-state index in [1.54, 1.807) is 0 Å². The van der Waals surface area contributed by atoms with Crippen LogP contribution in [0, 0.1) is 5.92 Å². The highest BCUT2D eigenvalue weighted by Gasteiger charge is 2.41. The van der Waals surface area contributed by atoms with E-state index >= 15 is 0 Å². The normalized spacial score (nSPS) is 26.2. The number of sulfonamides is 1. The Balaban J connectivity index is 2.17. The molecule has 1 saturated carbocycles. The van der Waals surface area contributed by atoms with Crippen LogP contribution in [0.1, 0.15) is 25.7 Å². The molecule has 8 heteroatoms. The summed E-state index contributed by atoms with van der Waals surface area (Å²) in [5.74, 6) is -1.18. The Morgan fingerprint density at radius 2 is 1.67 bits per heavy atom. The van der Waals surface area contributed by atoms with Gasteiger partial charge in [0.1, 0.15) is 0 Å². The van der Waals surface area contributed by atoms with Crippen LogP contribution >= 0.6 is 0 Å². The van der Waals surface area contributed by atoms with Gasteiger partial charge in [-0.05, 0) is 25.7 Å². The van der Waals surface area contributed by atoms with Crippen molar-refractivity contribution in [2.45, 2.75) is 37.9 Å². The van der Waals surface area contributed by atoms with Crippen LogP contribution in [0.2, 0.25) is 0 Å². The summed E-state index contributed by atoms with van der Waals surface area (Å²) in [4.78, 5) is 0. The topological polar surface area (TPSA) is 58.2 Å². The molecule has 0 aromatic heterocycles. The molecule has 0 saturated heterocycles. The maximum atomic E-state index is 12.4. The number of alkyl halides is 3. The minimum atomic E-state index is -4.08. The lowest BCUT2D eigenvalue weighted by atomic mass is 9.85. The van der Waals surface area contributed by atoms with Gasteiger partial charge in [-0.15, -0.1) is 0 Å². The molecule has 0 amide bonds. The van der Waals surface area contributed by atoms with E-state index in [1.807, 2.05) is 0 Å². The van der Waals surface area contributed by atoms with Crippen LogP contribution in [0.15, 0.2) is 0 Å². The third-order valence-electron chi connectivity index (χ3n) is 3.11. The van der Waals surface area contributed by atoms with Crippen molar-refractivity contribution in [3.05, 3.63) is 0 Å². The molecule has 4 nitrogen and oxygen atoms in total. The van der Waals surface area contributed by atoms with E-state index in [0.717, 1.165) is 6.26 Å². The first-order chi connectivity index (χ1) is 8.18. The van der Waals surface area contributed by atoms with E-state index in [1.165, 1.54) is 0 Å². The first-order valence-corrected chi connectivity index (χ1v) is 7.82. The summed E-state index contributed by atoms with van der Waals surface area (Å²) < 4.78 is 61.1. The Kier molecular flexibility index (Phi) is 5.42. The van der Waals surface area contributed by atoms with E-state index in [4.69, 9.17) is 0 Å². The Hall–Kier alpha value is -0.340. The molecule has 0 heterocycles. The highest BCUT2D eigenvalue weighted by atomic mass is 32.2. The van der Waals surface area contributed by atoms with Crippen molar-refractivity contribution in [2.75, 3.05) is 19.3 Å². The Bertz CT molecular complexity index is 349. The second kappa shape index (κ2) is 6.21. The van der Waals surface area contributed by atoms with E-state index in [9.17, 15) is 21.6 Å². The average Bonchev–Trinajstić information content (AvgIpc) is 2.22. The highest BCUT2D eigenvalue weighted by Crippen LogP contribution is 2.37. The lowest BCUT2D eigenvalue weighted by Crippen LogP contribution is -2.40. The van der Waals surface area contributed by atoms with Crippen LogP contribution in [-0.4, -0.2) is 40.0 Å². The molecular weight excluding hydrogens is 269 g/mol. The lowest BCUT2D eigenvalue weighted by Gasteiger charge is -2.30. The Labute approximate surface area is 105 Å². The highest BCUT2D eigenvalue weighted by molar-refractivity contribution is 7.88. The van der Waals surface area contributed by atoms with Gasteiger partial charge in [-0.25, -0.2) is 13.1 Å². The quantitative estimate of drug-likeness (QED) is 0.749. The van der Waals surface area contributed by atoms with Gasteiger partial charge in [-0.2, -0.15) is 13.2 Å². The first-order valence-electron chi connectivity index (χ1n) is 5.93. The molecule has 0 aromatic rings. The van der Waals surface area contributed by atoms with Crippen molar-refractivity contribution < 1.29 is 21.6 Å². The van der Waals surface area contributed by atoms with Crippen molar-refractivity contribution in [2.24, 2.45) is 5.92 Å². The van der Waals surface area contributed by atoms with Gasteiger partial charge in [0, 0.05) is 19.1 Å². The molecule has 1 aliphatic rings. The average molecular weight is 288 g/mol. The zero-order valence-corrected chi connectivity index (χ0v) is 11.1. The molecule has 2 N–H and O–H groups in total. The van der Waals surface area contributed by atoms with Crippen molar-refractivity contribution in [1.29, 1.82) is 0 Å².